The van der Waals surface area contributed by atoms with Gasteiger partial charge in [0, 0.05) is 18.9 Å². The summed E-state index contributed by atoms with van der Waals surface area (Å²) in [6.07, 6.45) is 6.53. The normalized spacial score (nSPS) is 49.4. The summed E-state index contributed by atoms with van der Waals surface area (Å²) in [7, 11) is 1.69. The topological polar surface area (TPSA) is 47.9 Å². The predicted molar refractivity (Wildman–Crippen MR) is 64.6 cm³/mol. The molecule has 4 heteroatoms. The molecule has 100 valence electrons. The van der Waals surface area contributed by atoms with E-state index in [0.29, 0.717) is 19.6 Å². The zero-order chi connectivity index (χ0) is 13.0. The van der Waals surface area contributed by atoms with Crippen molar-refractivity contribution in [2.24, 2.45) is 17.8 Å². The molecule has 4 nitrogen and oxygen atoms in total. The number of fused-ring (bicyclic) bond motifs is 2. The van der Waals surface area contributed by atoms with Gasteiger partial charge in [-0.1, -0.05) is 6.92 Å². The van der Waals surface area contributed by atoms with Crippen molar-refractivity contribution in [1.82, 2.24) is 0 Å². The maximum atomic E-state index is 10.1. The Bertz CT molecular complexity index is 382. The van der Waals surface area contributed by atoms with E-state index < -0.39 is 17.5 Å². The first-order chi connectivity index (χ1) is 8.63. The zero-order valence-corrected chi connectivity index (χ0v) is 10.9. The molecule has 0 amide bonds. The van der Waals surface area contributed by atoms with Crippen LogP contribution < -0.4 is 0 Å². The largest absolute Gasteiger partial charge is 0.392 e. The number of hydrogen-bond donors (Lipinski definition) is 1. The van der Waals surface area contributed by atoms with Gasteiger partial charge < -0.3 is 19.3 Å². The molecule has 0 bridgehead atoms. The molecule has 1 heterocycles. The fourth-order valence-electron chi connectivity index (χ4n) is 4.42. The summed E-state index contributed by atoms with van der Waals surface area (Å²) < 4.78 is 17.6. The number of aliphatic hydroxyl groups is 1. The molecule has 0 aromatic rings. The second kappa shape index (κ2) is 3.94. The highest BCUT2D eigenvalue weighted by Crippen LogP contribution is 2.65. The minimum atomic E-state index is -0.651. The first-order valence-corrected chi connectivity index (χ1v) is 6.60. The molecule has 1 N–H and O–H groups in total. The highest BCUT2D eigenvalue weighted by molar-refractivity contribution is 5.25. The molecule has 18 heavy (non-hydrogen) atoms. The smallest absolute Gasteiger partial charge is 0.201 e. The third kappa shape index (κ3) is 1.16. The number of rotatable bonds is 1. The fourth-order valence-corrected chi connectivity index (χ4v) is 4.42. The van der Waals surface area contributed by atoms with E-state index in [1.807, 2.05) is 0 Å². The molecule has 1 unspecified atom stereocenters. The van der Waals surface area contributed by atoms with E-state index in [4.69, 9.17) is 20.6 Å². The van der Waals surface area contributed by atoms with Crippen LogP contribution in [-0.2, 0) is 14.2 Å². The van der Waals surface area contributed by atoms with Crippen molar-refractivity contribution >= 4 is 0 Å². The molecule has 3 rings (SSSR count). The van der Waals surface area contributed by atoms with E-state index in [1.165, 1.54) is 0 Å². The summed E-state index contributed by atoms with van der Waals surface area (Å²) in [4.78, 5) is 0. The van der Waals surface area contributed by atoms with E-state index >= 15 is 0 Å². The van der Waals surface area contributed by atoms with Gasteiger partial charge in [-0.05, 0) is 12.8 Å². The Hall–Kier alpha value is -0.600. The molecule has 3 fully saturated rings. The van der Waals surface area contributed by atoms with E-state index in [-0.39, 0.29) is 17.8 Å². The van der Waals surface area contributed by atoms with Crippen LogP contribution in [0.1, 0.15) is 19.8 Å². The van der Waals surface area contributed by atoms with Gasteiger partial charge in [0.1, 0.15) is 5.60 Å². The SMILES string of the molecule is C#C[C@H]1[C@H](O)CC[C@@]2(OC)[C@@H]1C(C)C21OCCO1. The van der Waals surface area contributed by atoms with Crippen LogP contribution in [0.2, 0.25) is 0 Å². The number of methoxy groups -OCH3 is 1. The lowest BCUT2D eigenvalue weighted by molar-refractivity contribution is -0.412. The van der Waals surface area contributed by atoms with Crippen LogP contribution in [0.5, 0.6) is 0 Å². The van der Waals surface area contributed by atoms with Crippen molar-refractivity contribution in [3.05, 3.63) is 0 Å². The lowest BCUT2D eigenvalue weighted by Crippen LogP contribution is -2.79. The van der Waals surface area contributed by atoms with Crippen molar-refractivity contribution in [2.75, 3.05) is 20.3 Å². The van der Waals surface area contributed by atoms with Gasteiger partial charge >= 0.3 is 0 Å². The molecule has 3 aliphatic rings. The van der Waals surface area contributed by atoms with Gasteiger partial charge in [0.15, 0.2) is 0 Å². The Labute approximate surface area is 108 Å². The van der Waals surface area contributed by atoms with Crippen molar-refractivity contribution in [2.45, 2.75) is 37.3 Å². The summed E-state index contributed by atoms with van der Waals surface area (Å²) in [5.74, 6) is 2.17. The number of ether oxygens (including phenoxy) is 3. The first kappa shape index (κ1) is 12.4. The average Bonchev–Trinajstić information content (AvgIpc) is 2.90. The van der Waals surface area contributed by atoms with Crippen LogP contribution >= 0.6 is 0 Å². The van der Waals surface area contributed by atoms with E-state index in [2.05, 4.69) is 12.8 Å². The van der Waals surface area contributed by atoms with Crippen LogP contribution in [0.3, 0.4) is 0 Å². The van der Waals surface area contributed by atoms with Crippen LogP contribution in [-0.4, -0.2) is 42.9 Å². The fraction of sp³-hybridized carbons (Fsp3) is 0.857. The van der Waals surface area contributed by atoms with Crippen LogP contribution in [0.15, 0.2) is 0 Å². The third-order valence-corrected chi connectivity index (χ3v) is 5.15. The molecule has 0 aromatic carbocycles. The standard InChI is InChI=1S/C14H20O4/c1-4-10-11(15)5-6-13(16-3)12(10)9(2)14(13)17-7-8-18-14/h1,9-12,15H,5-8H2,2-3H3/t9?,10-,11+,12+,13+/m0/s1. The summed E-state index contributed by atoms with van der Waals surface area (Å²) in [6, 6.07) is 0. The molecular formula is C14H20O4. The number of terminal acetylenes is 1. The molecule has 5 atom stereocenters. The molecule has 2 saturated carbocycles. The Morgan fingerprint density at radius 3 is 2.61 bits per heavy atom. The minimum absolute atomic E-state index is 0.106. The second-order valence-corrected chi connectivity index (χ2v) is 5.57. The van der Waals surface area contributed by atoms with Crippen molar-refractivity contribution in [1.29, 1.82) is 0 Å². The minimum Gasteiger partial charge on any atom is -0.392 e. The Morgan fingerprint density at radius 2 is 2.06 bits per heavy atom. The highest BCUT2D eigenvalue weighted by atomic mass is 16.8. The molecular weight excluding hydrogens is 232 g/mol. The van der Waals surface area contributed by atoms with Gasteiger partial charge in [-0.15, -0.1) is 12.3 Å². The quantitative estimate of drug-likeness (QED) is 0.701. The van der Waals surface area contributed by atoms with Gasteiger partial charge in [0.2, 0.25) is 5.79 Å². The van der Waals surface area contributed by atoms with Crippen LogP contribution in [0, 0.1) is 30.1 Å². The average molecular weight is 252 g/mol. The molecule has 0 radical (unpaired) electrons. The highest BCUT2D eigenvalue weighted by Gasteiger charge is 2.77. The van der Waals surface area contributed by atoms with Gasteiger partial charge in [-0.25, -0.2) is 0 Å². The third-order valence-electron chi connectivity index (χ3n) is 5.15. The Balaban J connectivity index is 1.99. The maximum Gasteiger partial charge on any atom is 0.201 e. The Kier molecular flexibility index (Phi) is 2.73. The van der Waals surface area contributed by atoms with Crippen molar-refractivity contribution < 1.29 is 19.3 Å². The summed E-state index contributed by atoms with van der Waals surface area (Å²) in [5, 5.41) is 10.1. The van der Waals surface area contributed by atoms with E-state index in [9.17, 15) is 5.11 Å². The Morgan fingerprint density at radius 1 is 1.39 bits per heavy atom. The molecule has 2 aliphatic carbocycles. The number of hydrogen-bond acceptors (Lipinski definition) is 4. The van der Waals surface area contributed by atoms with Gasteiger partial charge in [0.25, 0.3) is 0 Å². The summed E-state index contributed by atoms with van der Waals surface area (Å²) >= 11 is 0. The van der Waals surface area contributed by atoms with E-state index in [1.54, 1.807) is 7.11 Å². The molecule has 1 saturated heterocycles. The van der Waals surface area contributed by atoms with Crippen molar-refractivity contribution in [3.63, 3.8) is 0 Å². The van der Waals surface area contributed by atoms with Gasteiger partial charge in [-0.3, -0.25) is 0 Å². The molecule has 1 aliphatic heterocycles. The van der Waals surface area contributed by atoms with Crippen molar-refractivity contribution in [3.8, 4) is 12.3 Å². The van der Waals surface area contributed by atoms with Gasteiger partial charge in [-0.2, -0.15) is 0 Å². The van der Waals surface area contributed by atoms with Crippen LogP contribution in [0.4, 0.5) is 0 Å². The predicted octanol–water partition coefficient (Wildman–Crippen LogP) is 0.785. The lowest BCUT2D eigenvalue weighted by Gasteiger charge is -2.67. The summed E-state index contributed by atoms with van der Waals surface area (Å²) in [5.41, 5.74) is -0.487. The van der Waals surface area contributed by atoms with Gasteiger partial charge in [0.05, 0.1) is 25.2 Å². The zero-order valence-electron chi connectivity index (χ0n) is 10.9. The second-order valence-electron chi connectivity index (χ2n) is 5.57. The lowest BCUT2D eigenvalue weighted by atomic mass is 9.47. The molecule has 0 aromatic heterocycles. The monoisotopic (exact) mass is 252 g/mol. The first-order valence-electron chi connectivity index (χ1n) is 6.60. The van der Waals surface area contributed by atoms with Crippen LogP contribution in [0.25, 0.3) is 0 Å². The maximum absolute atomic E-state index is 10.1. The summed E-state index contributed by atoms with van der Waals surface area (Å²) in [6.45, 7) is 3.28. The van der Waals surface area contributed by atoms with E-state index in [0.717, 1.165) is 6.42 Å². The molecule has 1 spiro atoms. The number of aliphatic hydroxyl groups excluding tert-OH is 1.